The Bertz CT molecular complexity index is 230. The second kappa shape index (κ2) is 6.06. The number of hydrogen-bond donors (Lipinski definition) is 1. The van der Waals surface area contributed by atoms with E-state index in [9.17, 15) is 0 Å². The maximum Gasteiger partial charge on any atom is 0.0185 e. The molecule has 0 fully saturated rings. The first-order chi connectivity index (χ1) is 6.36. The molecule has 0 aliphatic heterocycles. The summed E-state index contributed by atoms with van der Waals surface area (Å²) < 4.78 is 0. The molecule has 72 valence electrons. The Morgan fingerprint density at radius 1 is 1.15 bits per heavy atom. The van der Waals surface area contributed by atoms with E-state index in [0.29, 0.717) is 0 Å². The zero-order chi connectivity index (χ0) is 9.52. The van der Waals surface area contributed by atoms with Crippen molar-refractivity contribution in [1.82, 2.24) is 0 Å². The summed E-state index contributed by atoms with van der Waals surface area (Å²) in [5.41, 5.74) is 8.23. The Balaban J connectivity index is 2.40. The quantitative estimate of drug-likeness (QED) is 0.730. The number of nitrogens with two attached hydrogens (primary N) is 1. The van der Waals surface area contributed by atoms with Gasteiger partial charge in [-0.15, -0.1) is 0 Å². The summed E-state index contributed by atoms with van der Waals surface area (Å²) in [5, 5.41) is 0. The average Bonchev–Trinajstić information content (AvgIpc) is 2.19. The first-order valence-corrected chi connectivity index (χ1v) is 5.88. The van der Waals surface area contributed by atoms with Crippen molar-refractivity contribution in [1.29, 1.82) is 0 Å². The Kier molecular flexibility index (Phi) is 4.94. The lowest BCUT2D eigenvalue weighted by Gasteiger charge is -2.01. The molecule has 13 heavy (non-hydrogen) atoms. The molecule has 1 aromatic rings. The van der Waals surface area contributed by atoms with Gasteiger partial charge in [-0.2, -0.15) is 11.8 Å². The molecule has 2 heteroatoms. The molecule has 0 bridgehead atoms. The van der Waals surface area contributed by atoms with Gasteiger partial charge in [0.2, 0.25) is 0 Å². The number of thioether (sulfide) groups is 1. The normalized spacial score (nSPS) is 10.3. The van der Waals surface area contributed by atoms with Gasteiger partial charge in [-0.05, 0) is 17.5 Å². The molecule has 0 aliphatic carbocycles. The van der Waals surface area contributed by atoms with E-state index in [-0.39, 0.29) is 0 Å². The minimum atomic E-state index is 0.776. The Morgan fingerprint density at radius 2 is 1.77 bits per heavy atom. The van der Waals surface area contributed by atoms with Crippen LogP contribution in [0.4, 0.5) is 0 Å². The van der Waals surface area contributed by atoms with Crippen LogP contribution in [0.2, 0.25) is 0 Å². The molecule has 0 aliphatic rings. The molecule has 0 unspecified atom stereocenters. The third kappa shape index (κ3) is 3.83. The van der Waals surface area contributed by atoms with Crippen LogP contribution in [0.25, 0.3) is 0 Å². The first kappa shape index (κ1) is 10.6. The van der Waals surface area contributed by atoms with Crippen LogP contribution in [0.3, 0.4) is 0 Å². The van der Waals surface area contributed by atoms with Gasteiger partial charge in [-0.1, -0.05) is 31.2 Å². The smallest absolute Gasteiger partial charge is 0.0185 e. The number of aryl methyl sites for hydroxylation is 1. The number of benzene rings is 1. The van der Waals surface area contributed by atoms with E-state index < -0.39 is 0 Å². The van der Waals surface area contributed by atoms with E-state index >= 15 is 0 Å². The van der Waals surface area contributed by atoms with Gasteiger partial charge in [-0.25, -0.2) is 0 Å². The molecule has 0 atom stereocenters. The van der Waals surface area contributed by atoms with Crippen molar-refractivity contribution in [2.45, 2.75) is 19.1 Å². The monoisotopic (exact) mass is 195 g/mol. The van der Waals surface area contributed by atoms with E-state index in [1.54, 1.807) is 0 Å². The van der Waals surface area contributed by atoms with Crippen LogP contribution in [0, 0.1) is 0 Å². The largest absolute Gasteiger partial charge is 0.330 e. The van der Waals surface area contributed by atoms with Gasteiger partial charge < -0.3 is 5.73 Å². The molecule has 0 radical (unpaired) electrons. The van der Waals surface area contributed by atoms with Crippen molar-refractivity contribution in [2.75, 3.05) is 12.3 Å². The van der Waals surface area contributed by atoms with Crippen molar-refractivity contribution >= 4 is 11.8 Å². The van der Waals surface area contributed by atoms with Crippen LogP contribution < -0.4 is 5.73 Å². The predicted octanol–water partition coefficient (Wildman–Crippen LogP) is 2.44. The maximum atomic E-state index is 5.42. The van der Waals surface area contributed by atoms with Crippen molar-refractivity contribution in [3.05, 3.63) is 35.4 Å². The van der Waals surface area contributed by atoms with Crippen molar-refractivity contribution in [2.24, 2.45) is 5.73 Å². The van der Waals surface area contributed by atoms with E-state index in [1.165, 1.54) is 11.1 Å². The number of rotatable bonds is 5. The minimum absolute atomic E-state index is 0.776. The van der Waals surface area contributed by atoms with Crippen LogP contribution >= 0.6 is 11.8 Å². The van der Waals surface area contributed by atoms with Crippen LogP contribution in [0.1, 0.15) is 18.1 Å². The summed E-state index contributed by atoms with van der Waals surface area (Å²) in [5.74, 6) is 2.14. The van der Waals surface area contributed by atoms with Crippen molar-refractivity contribution in [3.63, 3.8) is 0 Å². The molecule has 0 saturated carbocycles. The molecule has 0 aromatic heterocycles. The van der Waals surface area contributed by atoms with Crippen LogP contribution in [0.5, 0.6) is 0 Å². The van der Waals surface area contributed by atoms with Crippen molar-refractivity contribution < 1.29 is 0 Å². The second-order valence-electron chi connectivity index (χ2n) is 3.01. The van der Waals surface area contributed by atoms with Gasteiger partial charge in [0.25, 0.3) is 0 Å². The first-order valence-electron chi connectivity index (χ1n) is 4.72. The standard InChI is InChI=1S/C11H17NS/c1-2-10-3-5-11(6-4-10)9-13-8-7-12/h3-6H,2,7-9,12H2,1H3. The summed E-state index contributed by atoms with van der Waals surface area (Å²) >= 11 is 1.89. The number of hydrogen-bond acceptors (Lipinski definition) is 2. The van der Waals surface area contributed by atoms with E-state index in [2.05, 4.69) is 31.2 Å². The molecule has 0 amide bonds. The van der Waals surface area contributed by atoms with E-state index in [4.69, 9.17) is 5.73 Å². The van der Waals surface area contributed by atoms with Crippen molar-refractivity contribution in [3.8, 4) is 0 Å². The van der Waals surface area contributed by atoms with Gasteiger partial charge >= 0.3 is 0 Å². The summed E-state index contributed by atoms with van der Waals surface area (Å²) in [6.07, 6.45) is 1.12. The molecule has 1 nitrogen and oxygen atoms in total. The summed E-state index contributed by atoms with van der Waals surface area (Å²) in [7, 11) is 0. The topological polar surface area (TPSA) is 26.0 Å². The van der Waals surface area contributed by atoms with Gasteiger partial charge in [0.05, 0.1) is 0 Å². The van der Waals surface area contributed by atoms with Gasteiger partial charge in [0.1, 0.15) is 0 Å². The molecule has 2 N–H and O–H groups in total. The molecule has 0 spiro atoms. The SMILES string of the molecule is CCc1ccc(CSCCN)cc1. The summed E-state index contributed by atoms with van der Waals surface area (Å²) in [6.45, 7) is 2.95. The highest BCUT2D eigenvalue weighted by molar-refractivity contribution is 7.98. The predicted molar refractivity (Wildman–Crippen MR) is 61.0 cm³/mol. The molecule has 1 aromatic carbocycles. The minimum Gasteiger partial charge on any atom is -0.330 e. The fraction of sp³-hybridized carbons (Fsp3) is 0.455. The summed E-state index contributed by atoms with van der Waals surface area (Å²) in [4.78, 5) is 0. The third-order valence-electron chi connectivity index (χ3n) is 1.96. The Hall–Kier alpha value is -0.470. The highest BCUT2D eigenvalue weighted by atomic mass is 32.2. The van der Waals surface area contributed by atoms with Crippen LogP contribution in [-0.4, -0.2) is 12.3 Å². The lowest BCUT2D eigenvalue weighted by Crippen LogP contribution is -2.01. The average molecular weight is 195 g/mol. The second-order valence-corrected chi connectivity index (χ2v) is 4.12. The summed E-state index contributed by atoms with van der Waals surface area (Å²) in [6, 6.07) is 8.83. The lowest BCUT2D eigenvalue weighted by atomic mass is 10.1. The maximum absolute atomic E-state index is 5.42. The Labute approximate surface area is 84.7 Å². The molecule has 0 saturated heterocycles. The molecular weight excluding hydrogens is 178 g/mol. The zero-order valence-corrected chi connectivity index (χ0v) is 8.94. The fourth-order valence-electron chi connectivity index (χ4n) is 1.14. The van der Waals surface area contributed by atoms with Crippen LogP contribution in [0.15, 0.2) is 24.3 Å². The zero-order valence-electron chi connectivity index (χ0n) is 8.12. The highest BCUT2D eigenvalue weighted by Crippen LogP contribution is 2.12. The van der Waals surface area contributed by atoms with Gasteiger partial charge in [-0.3, -0.25) is 0 Å². The molecular formula is C11H17NS. The molecule has 1 rings (SSSR count). The van der Waals surface area contributed by atoms with E-state index in [1.807, 2.05) is 11.8 Å². The van der Waals surface area contributed by atoms with E-state index in [0.717, 1.165) is 24.5 Å². The molecule has 0 heterocycles. The van der Waals surface area contributed by atoms with Gasteiger partial charge in [0.15, 0.2) is 0 Å². The highest BCUT2D eigenvalue weighted by Gasteiger charge is 1.93. The third-order valence-corrected chi connectivity index (χ3v) is 3.02. The Morgan fingerprint density at radius 3 is 2.31 bits per heavy atom. The fourth-order valence-corrected chi connectivity index (χ4v) is 1.88. The lowest BCUT2D eigenvalue weighted by molar-refractivity contribution is 1.13. The van der Waals surface area contributed by atoms with Gasteiger partial charge in [0, 0.05) is 18.1 Å². The van der Waals surface area contributed by atoms with Crippen LogP contribution in [-0.2, 0) is 12.2 Å².